The number of esters is 1. The number of halogens is 1. The molecule has 0 N–H and O–H groups in total. The lowest BCUT2D eigenvalue weighted by atomic mass is 10.1. The lowest BCUT2D eigenvalue weighted by Gasteiger charge is -2.16. The minimum Gasteiger partial charge on any atom is -0.474 e. The maximum absolute atomic E-state index is 12.3. The van der Waals surface area contributed by atoms with Crippen molar-refractivity contribution in [2.45, 2.75) is 38.7 Å². The van der Waals surface area contributed by atoms with Gasteiger partial charge in [0.1, 0.15) is 5.56 Å². The van der Waals surface area contributed by atoms with Crippen LogP contribution in [0, 0.1) is 0 Å². The number of hydrogen-bond donors (Lipinski definition) is 0. The summed E-state index contributed by atoms with van der Waals surface area (Å²) >= 11 is 5.95. The second-order valence-corrected chi connectivity index (χ2v) is 6.49. The normalized spacial score (nSPS) is 13.9. The number of aromatic nitrogens is 2. The van der Waals surface area contributed by atoms with Gasteiger partial charge in [-0.15, -0.1) is 0 Å². The Bertz CT molecular complexity index is 756. The fraction of sp³-hybridized carbons (Fsp3) is 0.389. The first kappa shape index (κ1) is 16.7. The van der Waals surface area contributed by atoms with E-state index in [1.807, 2.05) is 26.0 Å². The minimum absolute atomic E-state index is 0.117. The van der Waals surface area contributed by atoms with Crippen molar-refractivity contribution in [3.8, 4) is 17.3 Å². The molecule has 126 valence electrons. The molecule has 3 rings (SSSR count). The van der Waals surface area contributed by atoms with Crippen molar-refractivity contribution >= 4 is 17.6 Å². The Balaban J connectivity index is 2.16. The standard InChI is InChI=1S/C18H19ClN2O3/c1-10(2)24-17-14(18(22)23-3)15(11-4-5-11)20-16(21-17)12-6-8-13(19)9-7-12/h6-11H,4-5H2,1-3H3. The van der Waals surface area contributed by atoms with Gasteiger partial charge in [-0.1, -0.05) is 11.6 Å². The van der Waals surface area contributed by atoms with Crippen molar-refractivity contribution in [1.82, 2.24) is 9.97 Å². The monoisotopic (exact) mass is 346 g/mol. The van der Waals surface area contributed by atoms with Gasteiger partial charge in [0.25, 0.3) is 0 Å². The van der Waals surface area contributed by atoms with E-state index in [-0.39, 0.29) is 17.9 Å². The van der Waals surface area contributed by atoms with Gasteiger partial charge in [-0.25, -0.2) is 9.78 Å². The molecule has 0 aliphatic heterocycles. The summed E-state index contributed by atoms with van der Waals surface area (Å²) in [4.78, 5) is 21.4. The highest BCUT2D eigenvalue weighted by molar-refractivity contribution is 6.30. The average molecular weight is 347 g/mol. The number of rotatable bonds is 5. The fourth-order valence-corrected chi connectivity index (χ4v) is 2.57. The van der Waals surface area contributed by atoms with E-state index in [1.165, 1.54) is 7.11 Å². The van der Waals surface area contributed by atoms with Gasteiger partial charge < -0.3 is 9.47 Å². The van der Waals surface area contributed by atoms with Gasteiger partial charge in [0.15, 0.2) is 5.82 Å². The van der Waals surface area contributed by atoms with Crippen molar-refractivity contribution in [3.63, 3.8) is 0 Å². The van der Waals surface area contributed by atoms with Crippen LogP contribution in [-0.4, -0.2) is 29.2 Å². The maximum Gasteiger partial charge on any atom is 0.345 e. The molecule has 1 aromatic heterocycles. The number of carbonyl (C=O) groups excluding carboxylic acids is 1. The summed E-state index contributed by atoms with van der Waals surface area (Å²) in [7, 11) is 1.35. The molecule has 0 unspecified atom stereocenters. The number of ether oxygens (including phenoxy) is 2. The molecule has 1 aliphatic rings. The second-order valence-electron chi connectivity index (χ2n) is 6.05. The van der Waals surface area contributed by atoms with Crippen LogP contribution in [0.5, 0.6) is 5.88 Å². The lowest BCUT2D eigenvalue weighted by Crippen LogP contribution is -2.16. The molecule has 0 amide bonds. The van der Waals surface area contributed by atoms with Gasteiger partial charge in [0.05, 0.1) is 18.9 Å². The van der Waals surface area contributed by atoms with Crippen LogP contribution in [0.4, 0.5) is 0 Å². The van der Waals surface area contributed by atoms with Gasteiger partial charge in [-0.3, -0.25) is 0 Å². The Kier molecular flexibility index (Phi) is 4.71. The molecule has 0 bridgehead atoms. The molecule has 2 aromatic rings. The maximum atomic E-state index is 12.3. The Morgan fingerprint density at radius 1 is 1.21 bits per heavy atom. The van der Waals surface area contributed by atoms with E-state index in [1.54, 1.807) is 12.1 Å². The Morgan fingerprint density at radius 2 is 1.88 bits per heavy atom. The smallest absolute Gasteiger partial charge is 0.345 e. The van der Waals surface area contributed by atoms with Crippen LogP contribution in [-0.2, 0) is 4.74 Å². The van der Waals surface area contributed by atoms with E-state index in [0.29, 0.717) is 22.1 Å². The van der Waals surface area contributed by atoms with Gasteiger partial charge in [-0.05, 0) is 51.0 Å². The number of methoxy groups -OCH3 is 1. The number of carbonyl (C=O) groups is 1. The summed E-state index contributed by atoms with van der Waals surface area (Å²) in [6.45, 7) is 3.78. The summed E-state index contributed by atoms with van der Waals surface area (Å²) in [6, 6.07) is 7.28. The molecule has 0 radical (unpaired) electrons. The van der Waals surface area contributed by atoms with Gasteiger partial charge in [-0.2, -0.15) is 4.98 Å². The van der Waals surface area contributed by atoms with E-state index < -0.39 is 5.97 Å². The Morgan fingerprint density at radius 3 is 2.42 bits per heavy atom. The summed E-state index contributed by atoms with van der Waals surface area (Å²) < 4.78 is 10.7. The second kappa shape index (κ2) is 6.77. The minimum atomic E-state index is -0.463. The predicted molar refractivity (Wildman–Crippen MR) is 91.6 cm³/mol. The third-order valence-electron chi connectivity index (χ3n) is 3.71. The molecule has 5 nitrogen and oxygen atoms in total. The highest BCUT2D eigenvalue weighted by Gasteiger charge is 2.34. The molecule has 0 atom stereocenters. The average Bonchev–Trinajstić information content (AvgIpc) is 3.38. The third-order valence-corrected chi connectivity index (χ3v) is 3.96. The number of hydrogen-bond acceptors (Lipinski definition) is 5. The van der Waals surface area contributed by atoms with Crippen molar-refractivity contribution in [2.75, 3.05) is 7.11 Å². The van der Waals surface area contributed by atoms with E-state index >= 15 is 0 Å². The SMILES string of the molecule is COC(=O)c1c(OC(C)C)nc(-c2ccc(Cl)cc2)nc1C1CC1. The van der Waals surface area contributed by atoms with Gasteiger partial charge in [0.2, 0.25) is 5.88 Å². The fourth-order valence-electron chi connectivity index (χ4n) is 2.44. The zero-order valence-electron chi connectivity index (χ0n) is 13.9. The van der Waals surface area contributed by atoms with Crippen molar-refractivity contribution in [3.05, 3.63) is 40.5 Å². The summed E-state index contributed by atoms with van der Waals surface area (Å²) in [5.74, 6) is 0.591. The molecule has 6 heteroatoms. The first-order valence-electron chi connectivity index (χ1n) is 7.92. The molecule has 1 saturated carbocycles. The van der Waals surface area contributed by atoms with Crippen LogP contribution in [0.3, 0.4) is 0 Å². The summed E-state index contributed by atoms with van der Waals surface area (Å²) in [5.41, 5.74) is 1.87. The quantitative estimate of drug-likeness (QED) is 0.757. The molecule has 24 heavy (non-hydrogen) atoms. The van der Waals surface area contributed by atoms with Gasteiger partial charge >= 0.3 is 5.97 Å². The van der Waals surface area contributed by atoms with Crippen LogP contribution in [0.25, 0.3) is 11.4 Å². The molecular formula is C18H19ClN2O3. The van der Waals surface area contributed by atoms with Gasteiger partial charge in [0, 0.05) is 16.5 Å². The van der Waals surface area contributed by atoms with Crippen molar-refractivity contribution < 1.29 is 14.3 Å². The van der Waals surface area contributed by atoms with Crippen LogP contribution in [0.2, 0.25) is 5.02 Å². The summed E-state index contributed by atoms with van der Waals surface area (Å²) in [5, 5.41) is 0.644. The van der Waals surface area contributed by atoms with Crippen molar-refractivity contribution in [2.24, 2.45) is 0 Å². The van der Waals surface area contributed by atoms with Crippen LogP contribution in [0.1, 0.15) is 48.7 Å². The van der Waals surface area contributed by atoms with Crippen LogP contribution in [0.15, 0.2) is 24.3 Å². The van der Waals surface area contributed by atoms with Crippen LogP contribution >= 0.6 is 11.6 Å². The molecule has 0 spiro atoms. The highest BCUT2D eigenvalue weighted by atomic mass is 35.5. The number of benzene rings is 1. The molecular weight excluding hydrogens is 328 g/mol. The Labute approximate surface area is 146 Å². The number of nitrogens with zero attached hydrogens (tertiary/aromatic N) is 2. The van der Waals surface area contributed by atoms with E-state index in [9.17, 15) is 4.79 Å². The topological polar surface area (TPSA) is 61.3 Å². The third kappa shape index (κ3) is 3.51. The van der Waals surface area contributed by atoms with E-state index in [2.05, 4.69) is 9.97 Å². The zero-order chi connectivity index (χ0) is 17.3. The van der Waals surface area contributed by atoms with Crippen LogP contribution < -0.4 is 4.74 Å². The van der Waals surface area contributed by atoms with E-state index in [4.69, 9.17) is 21.1 Å². The van der Waals surface area contributed by atoms with Crippen molar-refractivity contribution in [1.29, 1.82) is 0 Å². The first-order chi connectivity index (χ1) is 11.5. The molecule has 1 heterocycles. The molecule has 0 saturated heterocycles. The molecule has 1 aromatic carbocycles. The van der Waals surface area contributed by atoms with E-state index in [0.717, 1.165) is 18.4 Å². The predicted octanol–water partition coefficient (Wildman–Crippen LogP) is 4.25. The highest BCUT2D eigenvalue weighted by Crippen LogP contribution is 2.43. The molecule has 1 aliphatic carbocycles. The molecule has 1 fully saturated rings. The Hall–Kier alpha value is -2.14. The lowest BCUT2D eigenvalue weighted by molar-refractivity contribution is 0.0590. The summed E-state index contributed by atoms with van der Waals surface area (Å²) in [6.07, 6.45) is 1.89. The first-order valence-corrected chi connectivity index (χ1v) is 8.30. The zero-order valence-corrected chi connectivity index (χ0v) is 14.6. The largest absolute Gasteiger partial charge is 0.474 e.